The number of hydrogen-bond acceptors (Lipinski definition) is 4. The Kier molecular flexibility index (Phi) is 5.37. The number of rotatable bonds is 5. The number of thiocarbonyl (C=S) groups is 1. The second-order valence-electron chi connectivity index (χ2n) is 4.48. The van der Waals surface area contributed by atoms with Crippen molar-refractivity contribution in [2.24, 2.45) is 0 Å². The van der Waals surface area contributed by atoms with E-state index < -0.39 is 0 Å². The van der Waals surface area contributed by atoms with E-state index in [1.165, 1.54) is 6.92 Å². The zero-order chi connectivity index (χ0) is 15.9. The topological polar surface area (TPSA) is 75.5 Å². The first-order chi connectivity index (χ1) is 10.6. The number of amides is 1. The molecular weight excluding hydrogens is 302 g/mol. The third-order valence-corrected chi connectivity index (χ3v) is 3.02. The number of nitrogens with one attached hydrogen (secondary N) is 3. The second kappa shape index (κ2) is 7.46. The van der Waals surface area contributed by atoms with Gasteiger partial charge in [0.05, 0.1) is 25.6 Å². The molecule has 0 radical (unpaired) electrons. The van der Waals surface area contributed by atoms with Crippen LogP contribution in [-0.4, -0.2) is 18.1 Å². The Morgan fingerprint density at radius 3 is 2.77 bits per heavy atom. The first-order valence-corrected chi connectivity index (χ1v) is 7.02. The van der Waals surface area contributed by atoms with Crippen molar-refractivity contribution in [2.75, 3.05) is 17.7 Å². The van der Waals surface area contributed by atoms with Gasteiger partial charge in [-0.3, -0.25) is 4.79 Å². The average Bonchev–Trinajstić information content (AvgIpc) is 2.98. The summed E-state index contributed by atoms with van der Waals surface area (Å²) in [5, 5.41) is 9.21. The maximum absolute atomic E-state index is 11.1. The molecule has 0 saturated carbocycles. The van der Waals surface area contributed by atoms with Crippen LogP contribution in [-0.2, 0) is 11.3 Å². The minimum atomic E-state index is -0.144. The number of ether oxygens (including phenoxy) is 1. The molecule has 0 aliphatic rings. The van der Waals surface area contributed by atoms with E-state index in [2.05, 4.69) is 16.0 Å². The van der Waals surface area contributed by atoms with Gasteiger partial charge in [0.1, 0.15) is 11.5 Å². The van der Waals surface area contributed by atoms with Crippen molar-refractivity contribution in [3.63, 3.8) is 0 Å². The van der Waals surface area contributed by atoms with E-state index in [0.717, 1.165) is 5.76 Å². The van der Waals surface area contributed by atoms with Gasteiger partial charge in [-0.1, -0.05) is 0 Å². The molecule has 2 rings (SSSR count). The van der Waals surface area contributed by atoms with Gasteiger partial charge in [0, 0.05) is 12.6 Å². The molecule has 7 heteroatoms. The van der Waals surface area contributed by atoms with Crippen molar-refractivity contribution in [2.45, 2.75) is 13.5 Å². The number of furan rings is 1. The average molecular weight is 319 g/mol. The number of hydrogen-bond donors (Lipinski definition) is 3. The summed E-state index contributed by atoms with van der Waals surface area (Å²) in [6.45, 7) is 1.93. The highest BCUT2D eigenvalue weighted by atomic mass is 32.1. The summed E-state index contributed by atoms with van der Waals surface area (Å²) in [4.78, 5) is 11.1. The van der Waals surface area contributed by atoms with Gasteiger partial charge in [0.25, 0.3) is 0 Å². The van der Waals surface area contributed by atoms with E-state index >= 15 is 0 Å². The normalized spacial score (nSPS) is 9.91. The molecule has 1 heterocycles. The largest absolute Gasteiger partial charge is 0.495 e. The first kappa shape index (κ1) is 15.8. The number of carbonyl (C=O) groups excluding carboxylic acids is 1. The molecule has 116 valence electrons. The molecule has 1 aromatic carbocycles. The molecule has 0 aliphatic carbocycles. The minimum absolute atomic E-state index is 0.144. The molecule has 1 amide bonds. The molecule has 2 aromatic rings. The molecule has 0 spiro atoms. The number of carbonyl (C=O) groups is 1. The van der Waals surface area contributed by atoms with Gasteiger partial charge in [0.2, 0.25) is 5.91 Å². The smallest absolute Gasteiger partial charge is 0.221 e. The van der Waals surface area contributed by atoms with Crippen LogP contribution in [0.5, 0.6) is 5.75 Å². The lowest BCUT2D eigenvalue weighted by molar-refractivity contribution is -0.114. The fraction of sp³-hybridized carbons (Fsp3) is 0.200. The summed E-state index contributed by atoms with van der Waals surface area (Å²) in [6.07, 6.45) is 1.60. The van der Waals surface area contributed by atoms with E-state index in [9.17, 15) is 4.79 Å². The molecule has 0 bridgehead atoms. The lowest BCUT2D eigenvalue weighted by atomic mass is 10.2. The Labute approximate surface area is 133 Å². The molecule has 3 N–H and O–H groups in total. The van der Waals surface area contributed by atoms with Crippen molar-refractivity contribution in [1.82, 2.24) is 5.32 Å². The quantitative estimate of drug-likeness (QED) is 0.736. The number of benzene rings is 1. The summed E-state index contributed by atoms with van der Waals surface area (Å²) < 4.78 is 10.5. The second-order valence-corrected chi connectivity index (χ2v) is 4.89. The predicted octanol–water partition coefficient (Wildman–Crippen LogP) is 2.73. The lowest BCUT2D eigenvalue weighted by Crippen LogP contribution is -2.28. The van der Waals surface area contributed by atoms with E-state index in [-0.39, 0.29) is 5.91 Å². The zero-order valence-corrected chi connectivity index (χ0v) is 13.1. The van der Waals surface area contributed by atoms with Gasteiger partial charge >= 0.3 is 0 Å². The molecule has 0 saturated heterocycles. The molecule has 0 aliphatic heterocycles. The van der Waals surface area contributed by atoms with Gasteiger partial charge in [-0.15, -0.1) is 0 Å². The van der Waals surface area contributed by atoms with E-state index in [4.69, 9.17) is 21.4 Å². The van der Waals surface area contributed by atoms with Crippen molar-refractivity contribution in [1.29, 1.82) is 0 Å². The summed E-state index contributed by atoms with van der Waals surface area (Å²) >= 11 is 5.24. The molecule has 22 heavy (non-hydrogen) atoms. The number of anilines is 2. The predicted molar refractivity (Wildman–Crippen MR) is 89.1 cm³/mol. The Morgan fingerprint density at radius 1 is 1.32 bits per heavy atom. The third-order valence-electron chi connectivity index (χ3n) is 2.77. The van der Waals surface area contributed by atoms with Crippen LogP contribution in [0.25, 0.3) is 0 Å². The van der Waals surface area contributed by atoms with Crippen LogP contribution in [0.4, 0.5) is 11.4 Å². The molecule has 0 unspecified atom stereocenters. The summed E-state index contributed by atoms with van der Waals surface area (Å²) in [6, 6.07) is 8.93. The minimum Gasteiger partial charge on any atom is -0.495 e. The lowest BCUT2D eigenvalue weighted by Gasteiger charge is -2.14. The SMILES string of the molecule is COc1ccc(NC(C)=O)cc1NC(=S)NCc1ccco1. The van der Waals surface area contributed by atoms with Crippen LogP contribution in [0, 0.1) is 0 Å². The van der Waals surface area contributed by atoms with Gasteiger partial charge in [-0.2, -0.15) is 0 Å². The van der Waals surface area contributed by atoms with Crippen LogP contribution in [0.1, 0.15) is 12.7 Å². The molecule has 0 atom stereocenters. The van der Waals surface area contributed by atoms with Crippen molar-refractivity contribution < 1.29 is 13.9 Å². The van der Waals surface area contributed by atoms with Crippen LogP contribution in [0.15, 0.2) is 41.0 Å². The fourth-order valence-corrected chi connectivity index (χ4v) is 2.02. The van der Waals surface area contributed by atoms with Gasteiger partial charge in [-0.05, 0) is 42.5 Å². The highest BCUT2D eigenvalue weighted by molar-refractivity contribution is 7.80. The zero-order valence-electron chi connectivity index (χ0n) is 12.3. The Morgan fingerprint density at radius 2 is 2.14 bits per heavy atom. The van der Waals surface area contributed by atoms with Crippen LogP contribution in [0.2, 0.25) is 0 Å². The van der Waals surface area contributed by atoms with Gasteiger partial charge < -0.3 is 25.1 Å². The Balaban J connectivity index is 2.02. The molecule has 0 fully saturated rings. The summed E-state index contributed by atoms with van der Waals surface area (Å²) in [7, 11) is 1.57. The first-order valence-electron chi connectivity index (χ1n) is 6.61. The molecule has 6 nitrogen and oxygen atoms in total. The van der Waals surface area contributed by atoms with Gasteiger partial charge in [-0.25, -0.2) is 0 Å². The monoisotopic (exact) mass is 319 g/mol. The summed E-state index contributed by atoms with van der Waals surface area (Å²) in [5.74, 6) is 1.26. The Hall–Kier alpha value is -2.54. The Bertz CT molecular complexity index is 656. The van der Waals surface area contributed by atoms with Crippen LogP contribution in [0.3, 0.4) is 0 Å². The van der Waals surface area contributed by atoms with E-state index in [0.29, 0.717) is 28.8 Å². The highest BCUT2D eigenvalue weighted by Gasteiger charge is 2.07. The standard InChI is InChI=1S/C15H17N3O3S/c1-10(19)17-11-5-6-14(20-2)13(8-11)18-15(22)16-9-12-4-3-7-21-12/h3-8H,9H2,1-2H3,(H,17,19)(H2,16,18,22). The fourth-order valence-electron chi connectivity index (χ4n) is 1.83. The highest BCUT2D eigenvalue weighted by Crippen LogP contribution is 2.27. The maximum Gasteiger partial charge on any atom is 0.221 e. The van der Waals surface area contributed by atoms with E-state index in [1.54, 1.807) is 31.6 Å². The van der Waals surface area contributed by atoms with Crippen molar-refractivity contribution in [3.8, 4) is 5.75 Å². The molecule has 1 aromatic heterocycles. The molecular formula is C15H17N3O3S. The van der Waals surface area contributed by atoms with Crippen LogP contribution >= 0.6 is 12.2 Å². The number of methoxy groups -OCH3 is 1. The van der Waals surface area contributed by atoms with E-state index in [1.807, 2.05) is 12.1 Å². The van der Waals surface area contributed by atoms with Crippen molar-refractivity contribution in [3.05, 3.63) is 42.4 Å². The maximum atomic E-state index is 11.1. The summed E-state index contributed by atoms with van der Waals surface area (Å²) in [5.41, 5.74) is 1.32. The van der Waals surface area contributed by atoms with Crippen LogP contribution < -0.4 is 20.7 Å². The van der Waals surface area contributed by atoms with Gasteiger partial charge in [0.15, 0.2) is 5.11 Å². The van der Waals surface area contributed by atoms with Crippen molar-refractivity contribution >= 4 is 34.6 Å². The third kappa shape index (κ3) is 4.49.